The van der Waals surface area contributed by atoms with E-state index in [1.54, 1.807) is 6.08 Å². The molecular weight excluding hydrogens is 166 g/mol. The highest BCUT2D eigenvalue weighted by Crippen LogP contribution is 2.26. The highest BCUT2D eigenvalue weighted by molar-refractivity contribution is 5.74. The predicted octanol–water partition coefficient (Wildman–Crippen LogP) is 1.36. The van der Waals surface area contributed by atoms with Gasteiger partial charge in [0.05, 0.1) is 0 Å². The van der Waals surface area contributed by atoms with Crippen molar-refractivity contribution < 1.29 is 9.90 Å². The SMILES string of the molecule is C=CC(C)N1CCC(C)C1C(=O)O. The van der Waals surface area contributed by atoms with Crippen LogP contribution in [0.25, 0.3) is 0 Å². The second-order valence-electron chi connectivity index (χ2n) is 3.76. The van der Waals surface area contributed by atoms with Crippen molar-refractivity contribution in [3.05, 3.63) is 12.7 Å². The summed E-state index contributed by atoms with van der Waals surface area (Å²) in [6, 6.07) is -0.168. The Hall–Kier alpha value is -0.830. The number of rotatable bonds is 3. The fraction of sp³-hybridized carbons (Fsp3) is 0.700. The summed E-state index contributed by atoms with van der Waals surface area (Å²) < 4.78 is 0. The van der Waals surface area contributed by atoms with E-state index in [0.717, 1.165) is 13.0 Å². The number of carboxylic acids is 1. The molecule has 1 aliphatic rings. The number of carboxylic acid groups (broad SMARTS) is 1. The zero-order valence-corrected chi connectivity index (χ0v) is 8.23. The zero-order valence-electron chi connectivity index (χ0n) is 8.23. The van der Waals surface area contributed by atoms with Crippen molar-refractivity contribution in [2.24, 2.45) is 5.92 Å². The van der Waals surface area contributed by atoms with Gasteiger partial charge < -0.3 is 5.11 Å². The van der Waals surface area contributed by atoms with Crippen LogP contribution in [0, 0.1) is 5.92 Å². The highest BCUT2D eigenvalue weighted by Gasteiger charge is 2.38. The van der Waals surface area contributed by atoms with Crippen molar-refractivity contribution in [1.82, 2.24) is 4.90 Å². The summed E-state index contributed by atoms with van der Waals surface area (Å²) in [4.78, 5) is 13.0. The Kier molecular flexibility index (Phi) is 3.09. The van der Waals surface area contributed by atoms with Gasteiger partial charge in [-0.25, -0.2) is 0 Å². The predicted molar refractivity (Wildman–Crippen MR) is 51.6 cm³/mol. The van der Waals surface area contributed by atoms with E-state index in [4.69, 9.17) is 5.11 Å². The van der Waals surface area contributed by atoms with Gasteiger partial charge in [-0.15, -0.1) is 6.58 Å². The minimum Gasteiger partial charge on any atom is -0.480 e. The summed E-state index contributed by atoms with van der Waals surface area (Å²) in [5, 5.41) is 9.02. The minimum atomic E-state index is -0.710. The number of hydrogen-bond acceptors (Lipinski definition) is 2. The standard InChI is InChI=1S/C10H17NO2/c1-4-8(3)11-6-5-7(2)9(11)10(12)13/h4,7-9H,1,5-6H2,2-3H3,(H,12,13). The molecule has 0 amide bonds. The van der Waals surface area contributed by atoms with Crippen molar-refractivity contribution >= 4 is 5.97 Å². The maximum Gasteiger partial charge on any atom is 0.321 e. The van der Waals surface area contributed by atoms with Crippen molar-refractivity contribution in [3.8, 4) is 0 Å². The second kappa shape index (κ2) is 3.92. The number of likely N-dealkylation sites (tertiary alicyclic amines) is 1. The molecule has 0 aromatic rings. The third-order valence-electron chi connectivity index (χ3n) is 2.86. The molecule has 1 rings (SSSR count). The normalized spacial score (nSPS) is 31.5. The highest BCUT2D eigenvalue weighted by atomic mass is 16.4. The maximum atomic E-state index is 11.0. The summed E-state index contributed by atoms with van der Waals surface area (Å²) in [6.45, 7) is 8.54. The van der Waals surface area contributed by atoms with Gasteiger partial charge in [-0.2, -0.15) is 0 Å². The lowest BCUT2D eigenvalue weighted by Gasteiger charge is -2.27. The van der Waals surface area contributed by atoms with E-state index < -0.39 is 5.97 Å². The first-order valence-electron chi connectivity index (χ1n) is 4.69. The average Bonchev–Trinajstić information content (AvgIpc) is 2.45. The molecule has 0 bridgehead atoms. The van der Waals surface area contributed by atoms with Gasteiger partial charge in [-0.3, -0.25) is 9.69 Å². The first-order valence-corrected chi connectivity index (χ1v) is 4.69. The molecule has 3 atom stereocenters. The monoisotopic (exact) mass is 183 g/mol. The van der Waals surface area contributed by atoms with Crippen LogP contribution < -0.4 is 0 Å². The van der Waals surface area contributed by atoms with Gasteiger partial charge >= 0.3 is 5.97 Å². The van der Waals surface area contributed by atoms with Crippen LogP contribution in [-0.4, -0.2) is 34.6 Å². The summed E-state index contributed by atoms with van der Waals surface area (Å²) in [7, 11) is 0. The van der Waals surface area contributed by atoms with Crippen LogP contribution in [0.3, 0.4) is 0 Å². The van der Waals surface area contributed by atoms with E-state index in [1.165, 1.54) is 0 Å². The van der Waals surface area contributed by atoms with Crippen molar-refractivity contribution in [2.45, 2.75) is 32.4 Å². The van der Waals surface area contributed by atoms with E-state index in [1.807, 2.05) is 18.7 Å². The molecule has 3 nitrogen and oxygen atoms in total. The zero-order chi connectivity index (χ0) is 10.0. The smallest absolute Gasteiger partial charge is 0.321 e. The summed E-state index contributed by atoms with van der Waals surface area (Å²) in [5.41, 5.74) is 0. The van der Waals surface area contributed by atoms with Gasteiger partial charge in [0.2, 0.25) is 0 Å². The van der Waals surface area contributed by atoms with Crippen molar-refractivity contribution in [1.29, 1.82) is 0 Å². The molecule has 0 aliphatic carbocycles. The largest absolute Gasteiger partial charge is 0.480 e. The molecule has 74 valence electrons. The van der Waals surface area contributed by atoms with Crippen LogP contribution >= 0.6 is 0 Å². The lowest BCUT2D eigenvalue weighted by atomic mass is 10.0. The third-order valence-corrected chi connectivity index (χ3v) is 2.86. The molecule has 13 heavy (non-hydrogen) atoms. The Labute approximate surface area is 79.0 Å². The van der Waals surface area contributed by atoms with Gasteiger partial charge in [-0.05, 0) is 25.8 Å². The van der Waals surface area contributed by atoms with Crippen LogP contribution in [0.2, 0.25) is 0 Å². The summed E-state index contributed by atoms with van der Waals surface area (Å²) >= 11 is 0. The molecule has 1 saturated heterocycles. The summed E-state index contributed by atoms with van der Waals surface area (Å²) in [5.74, 6) is -0.460. The van der Waals surface area contributed by atoms with Crippen molar-refractivity contribution in [2.75, 3.05) is 6.54 Å². The van der Waals surface area contributed by atoms with Crippen LogP contribution in [0.4, 0.5) is 0 Å². The van der Waals surface area contributed by atoms with Crippen LogP contribution in [-0.2, 0) is 4.79 Å². The topological polar surface area (TPSA) is 40.5 Å². The van der Waals surface area contributed by atoms with E-state index in [9.17, 15) is 4.79 Å². The average molecular weight is 183 g/mol. The van der Waals surface area contributed by atoms with E-state index >= 15 is 0 Å². The van der Waals surface area contributed by atoms with Gasteiger partial charge in [-0.1, -0.05) is 13.0 Å². The Balaban J connectivity index is 2.75. The fourth-order valence-corrected chi connectivity index (χ4v) is 1.95. The lowest BCUT2D eigenvalue weighted by molar-refractivity contribution is -0.143. The molecular formula is C10H17NO2. The molecule has 1 fully saturated rings. The molecule has 0 saturated carbocycles. The second-order valence-corrected chi connectivity index (χ2v) is 3.76. The Morgan fingerprint density at radius 1 is 1.77 bits per heavy atom. The molecule has 0 aromatic carbocycles. The summed E-state index contributed by atoms with van der Waals surface area (Å²) in [6.07, 6.45) is 2.77. The lowest BCUT2D eigenvalue weighted by Crippen LogP contribution is -2.43. The van der Waals surface area contributed by atoms with Gasteiger partial charge in [0, 0.05) is 6.04 Å². The van der Waals surface area contributed by atoms with Gasteiger partial charge in [0.15, 0.2) is 0 Å². The quantitative estimate of drug-likeness (QED) is 0.671. The number of carbonyl (C=O) groups is 1. The molecule has 0 radical (unpaired) electrons. The molecule has 0 spiro atoms. The minimum absolute atomic E-state index is 0.158. The maximum absolute atomic E-state index is 11.0. The fourth-order valence-electron chi connectivity index (χ4n) is 1.95. The Morgan fingerprint density at radius 3 is 2.85 bits per heavy atom. The molecule has 3 heteroatoms. The van der Waals surface area contributed by atoms with E-state index in [-0.39, 0.29) is 18.0 Å². The van der Waals surface area contributed by atoms with E-state index in [2.05, 4.69) is 6.58 Å². The third kappa shape index (κ3) is 1.91. The van der Waals surface area contributed by atoms with Gasteiger partial charge in [0.25, 0.3) is 0 Å². The molecule has 1 N–H and O–H groups in total. The Bertz CT molecular complexity index is 215. The van der Waals surface area contributed by atoms with Crippen molar-refractivity contribution in [3.63, 3.8) is 0 Å². The Morgan fingerprint density at radius 2 is 2.38 bits per heavy atom. The first kappa shape index (κ1) is 10.3. The number of hydrogen-bond donors (Lipinski definition) is 1. The van der Waals surface area contributed by atoms with Crippen LogP contribution in [0.15, 0.2) is 12.7 Å². The molecule has 1 heterocycles. The number of nitrogens with zero attached hydrogens (tertiary/aromatic N) is 1. The van der Waals surface area contributed by atoms with Gasteiger partial charge in [0.1, 0.15) is 6.04 Å². The van der Waals surface area contributed by atoms with E-state index in [0.29, 0.717) is 0 Å². The molecule has 0 aromatic heterocycles. The van der Waals surface area contributed by atoms with Crippen LogP contribution in [0.1, 0.15) is 20.3 Å². The first-order chi connectivity index (χ1) is 6.07. The molecule has 3 unspecified atom stereocenters. The van der Waals surface area contributed by atoms with Crippen LogP contribution in [0.5, 0.6) is 0 Å². The molecule has 1 aliphatic heterocycles. The number of aliphatic carboxylic acids is 1.